The molecule has 1 fully saturated rings. The monoisotopic (exact) mass is 279 g/mol. The Morgan fingerprint density at radius 3 is 2.19 bits per heavy atom. The number of hydrogen-bond acceptors (Lipinski definition) is 1. The molecule has 0 heterocycles. The molecule has 1 saturated carbocycles. The number of hydrogen-bond donors (Lipinski definition) is 1. The lowest BCUT2D eigenvalue weighted by molar-refractivity contribution is -0.125. The number of primary amides is 1. The van der Waals surface area contributed by atoms with E-state index in [9.17, 15) is 4.79 Å². The van der Waals surface area contributed by atoms with Crippen LogP contribution in [-0.2, 0) is 10.2 Å². The standard InChI is InChI=1S/C19H21NO/c20-18(21)19(16-11-5-2-6-12-16)14-8-7-13-17(19)15-9-3-1-4-10-15/h1-6,9-12,17H,7-8,13-14H2,(H2,20,21). The highest BCUT2D eigenvalue weighted by atomic mass is 16.1. The van der Waals surface area contributed by atoms with Crippen LogP contribution in [-0.4, -0.2) is 5.91 Å². The molecule has 2 nitrogen and oxygen atoms in total. The third-order valence-corrected chi connectivity index (χ3v) is 4.84. The van der Waals surface area contributed by atoms with Crippen LogP contribution in [0.1, 0.15) is 42.7 Å². The zero-order chi connectivity index (χ0) is 14.7. The van der Waals surface area contributed by atoms with Crippen LogP contribution < -0.4 is 5.73 Å². The van der Waals surface area contributed by atoms with Gasteiger partial charge in [0, 0.05) is 5.92 Å². The highest BCUT2D eigenvalue weighted by Gasteiger charge is 2.47. The van der Waals surface area contributed by atoms with E-state index in [0.717, 1.165) is 31.2 Å². The zero-order valence-corrected chi connectivity index (χ0v) is 12.2. The first-order valence-electron chi connectivity index (χ1n) is 7.65. The van der Waals surface area contributed by atoms with Gasteiger partial charge in [-0.1, -0.05) is 73.5 Å². The molecule has 1 amide bonds. The van der Waals surface area contributed by atoms with Crippen molar-refractivity contribution in [2.24, 2.45) is 5.73 Å². The minimum absolute atomic E-state index is 0.173. The molecule has 2 atom stereocenters. The van der Waals surface area contributed by atoms with Gasteiger partial charge in [-0.05, 0) is 24.0 Å². The normalized spacial score (nSPS) is 25.4. The molecule has 0 aromatic heterocycles. The average Bonchev–Trinajstić information content (AvgIpc) is 2.56. The van der Waals surface area contributed by atoms with Crippen molar-refractivity contribution in [2.45, 2.75) is 37.0 Å². The van der Waals surface area contributed by atoms with Crippen molar-refractivity contribution in [1.82, 2.24) is 0 Å². The molecular formula is C19H21NO. The number of carbonyl (C=O) groups excluding carboxylic acids is 1. The number of benzene rings is 2. The summed E-state index contributed by atoms with van der Waals surface area (Å²) in [6, 6.07) is 20.4. The second-order valence-electron chi connectivity index (χ2n) is 5.91. The van der Waals surface area contributed by atoms with E-state index in [2.05, 4.69) is 12.1 Å². The van der Waals surface area contributed by atoms with Crippen molar-refractivity contribution in [2.75, 3.05) is 0 Å². The van der Waals surface area contributed by atoms with Crippen molar-refractivity contribution >= 4 is 5.91 Å². The van der Waals surface area contributed by atoms with E-state index in [-0.39, 0.29) is 11.8 Å². The van der Waals surface area contributed by atoms with Crippen molar-refractivity contribution in [1.29, 1.82) is 0 Å². The highest BCUT2D eigenvalue weighted by Crippen LogP contribution is 2.49. The molecule has 0 bridgehead atoms. The summed E-state index contributed by atoms with van der Waals surface area (Å²) in [7, 11) is 0. The molecular weight excluding hydrogens is 258 g/mol. The Morgan fingerprint density at radius 2 is 1.57 bits per heavy atom. The van der Waals surface area contributed by atoms with Crippen LogP contribution in [0.4, 0.5) is 0 Å². The van der Waals surface area contributed by atoms with Gasteiger partial charge in [0.1, 0.15) is 0 Å². The molecule has 2 aromatic rings. The van der Waals surface area contributed by atoms with Crippen molar-refractivity contribution < 1.29 is 4.79 Å². The second-order valence-corrected chi connectivity index (χ2v) is 5.91. The Hall–Kier alpha value is -2.09. The minimum atomic E-state index is -0.569. The molecule has 1 aliphatic carbocycles. The van der Waals surface area contributed by atoms with Crippen molar-refractivity contribution in [3.05, 3.63) is 71.8 Å². The van der Waals surface area contributed by atoms with Crippen LogP contribution >= 0.6 is 0 Å². The van der Waals surface area contributed by atoms with Gasteiger partial charge < -0.3 is 5.73 Å². The zero-order valence-electron chi connectivity index (χ0n) is 12.2. The first-order chi connectivity index (χ1) is 10.2. The summed E-state index contributed by atoms with van der Waals surface area (Å²) in [5, 5.41) is 0. The molecule has 0 radical (unpaired) electrons. The molecule has 1 aliphatic rings. The van der Waals surface area contributed by atoms with Gasteiger partial charge in [0.05, 0.1) is 5.41 Å². The molecule has 2 aromatic carbocycles. The fraction of sp³-hybridized carbons (Fsp3) is 0.316. The van der Waals surface area contributed by atoms with Crippen LogP contribution in [0.25, 0.3) is 0 Å². The Bertz CT molecular complexity index is 608. The van der Waals surface area contributed by atoms with E-state index in [0.29, 0.717) is 0 Å². The number of rotatable bonds is 3. The first kappa shape index (κ1) is 13.9. The van der Waals surface area contributed by atoms with Gasteiger partial charge in [0.2, 0.25) is 5.91 Å². The van der Waals surface area contributed by atoms with Gasteiger partial charge in [-0.25, -0.2) is 0 Å². The van der Waals surface area contributed by atoms with Crippen LogP contribution in [0.2, 0.25) is 0 Å². The van der Waals surface area contributed by atoms with E-state index < -0.39 is 5.41 Å². The molecule has 108 valence electrons. The highest BCUT2D eigenvalue weighted by molar-refractivity contribution is 5.88. The number of amides is 1. The fourth-order valence-electron chi connectivity index (χ4n) is 3.83. The molecule has 2 N–H and O–H groups in total. The predicted octanol–water partition coefficient (Wildman–Crippen LogP) is 3.77. The summed E-state index contributed by atoms with van der Waals surface area (Å²) in [6.45, 7) is 0. The predicted molar refractivity (Wildman–Crippen MR) is 85.0 cm³/mol. The Kier molecular flexibility index (Phi) is 3.78. The Balaban J connectivity index is 2.14. The number of carbonyl (C=O) groups is 1. The van der Waals surface area contributed by atoms with Crippen LogP contribution in [0.3, 0.4) is 0 Å². The summed E-state index contributed by atoms with van der Waals surface area (Å²) >= 11 is 0. The van der Waals surface area contributed by atoms with Crippen LogP contribution in [0, 0.1) is 0 Å². The van der Waals surface area contributed by atoms with Crippen molar-refractivity contribution in [3.63, 3.8) is 0 Å². The lowest BCUT2D eigenvalue weighted by Crippen LogP contribution is -2.47. The fourth-order valence-corrected chi connectivity index (χ4v) is 3.83. The molecule has 0 aliphatic heterocycles. The summed E-state index contributed by atoms with van der Waals surface area (Å²) < 4.78 is 0. The van der Waals surface area contributed by atoms with Gasteiger partial charge in [0.25, 0.3) is 0 Å². The lowest BCUT2D eigenvalue weighted by atomic mass is 9.60. The number of nitrogens with two attached hydrogens (primary N) is 1. The van der Waals surface area contributed by atoms with Crippen LogP contribution in [0.5, 0.6) is 0 Å². The van der Waals surface area contributed by atoms with E-state index in [1.165, 1.54) is 5.56 Å². The Morgan fingerprint density at radius 1 is 0.952 bits per heavy atom. The molecule has 2 heteroatoms. The summed E-state index contributed by atoms with van der Waals surface area (Å²) in [4.78, 5) is 12.5. The maximum absolute atomic E-state index is 12.5. The van der Waals surface area contributed by atoms with Gasteiger partial charge >= 0.3 is 0 Å². The Labute approximate surface area is 126 Å². The first-order valence-corrected chi connectivity index (χ1v) is 7.65. The largest absolute Gasteiger partial charge is 0.369 e. The smallest absolute Gasteiger partial charge is 0.228 e. The summed E-state index contributed by atoms with van der Waals surface area (Å²) in [5.41, 5.74) is 7.64. The topological polar surface area (TPSA) is 43.1 Å². The summed E-state index contributed by atoms with van der Waals surface area (Å²) in [5.74, 6) is -0.0189. The second kappa shape index (κ2) is 5.72. The maximum Gasteiger partial charge on any atom is 0.228 e. The SMILES string of the molecule is NC(=O)C1(c2ccccc2)CCCCC1c1ccccc1. The summed E-state index contributed by atoms with van der Waals surface area (Å²) in [6.07, 6.45) is 4.07. The van der Waals surface area contributed by atoms with Gasteiger partial charge in [-0.3, -0.25) is 4.79 Å². The van der Waals surface area contributed by atoms with Gasteiger partial charge in [-0.15, -0.1) is 0 Å². The quantitative estimate of drug-likeness (QED) is 0.913. The van der Waals surface area contributed by atoms with Gasteiger partial charge in [0.15, 0.2) is 0 Å². The lowest BCUT2D eigenvalue weighted by Gasteiger charge is -2.42. The third kappa shape index (κ3) is 2.35. The third-order valence-electron chi connectivity index (χ3n) is 4.84. The molecule has 2 unspecified atom stereocenters. The molecule has 0 saturated heterocycles. The molecule has 3 rings (SSSR count). The molecule has 0 spiro atoms. The van der Waals surface area contributed by atoms with Crippen LogP contribution in [0.15, 0.2) is 60.7 Å². The van der Waals surface area contributed by atoms with E-state index in [1.807, 2.05) is 48.5 Å². The van der Waals surface area contributed by atoms with E-state index in [1.54, 1.807) is 0 Å². The molecule has 21 heavy (non-hydrogen) atoms. The maximum atomic E-state index is 12.5. The van der Waals surface area contributed by atoms with Crippen molar-refractivity contribution in [3.8, 4) is 0 Å². The van der Waals surface area contributed by atoms with E-state index >= 15 is 0 Å². The minimum Gasteiger partial charge on any atom is -0.369 e. The van der Waals surface area contributed by atoms with Gasteiger partial charge in [-0.2, -0.15) is 0 Å². The average molecular weight is 279 g/mol. The van der Waals surface area contributed by atoms with E-state index in [4.69, 9.17) is 5.73 Å².